The number of benzene rings is 1. The van der Waals surface area contributed by atoms with E-state index in [1.54, 1.807) is 24.3 Å². The first-order valence-electron chi connectivity index (χ1n) is 7.14. The van der Waals surface area contributed by atoms with Gasteiger partial charge in [0, 0.05) is 22.8 Å². The Bertz CT molecular complexity index is 824. The zero-order chi connectivity index (χ0) is 18.2. The third-order valence-electron chi connectivity index (χ3n) is 3.66. The first-order chi connectivity index (χ1) is 11.8. The van der Waals surface area contributed by atoms with E-state index in [-0.39, 0.29) is 24.0 Å². The van der Waals surface area contributed by atoms with Crippen molar-refractivity contribution in [1.29, 1.82) is 0 Å². The normalized spacial score (nSPS) is 17.8. The molecule has 0 spiro atoms. The summed E-state index contributed by atoms with van der Waals surface area (Å²) < 4.78 is 38.4. The molecule has 0 radical (unpaired) electrons. The lowest BCUT2D eigenvalue weighted by molar-refractivity contribution is -0.140. The highest BCUT2D eigenvalue weighted by Gasteiger charge is 2.37. The highest BCUT2D eigenvalue weighted by molar-refractivity contribution is 9.10. The fraction of sp³-hybridized carbons (Fsp3) is 0.267. The van der Waals surface area contributed by atoms with Crippen LogP contribution in [-0.2, 0) is 15.8 Å². The van der Waals surface area contributed by atoms with Crippen molar-refractivity contribution >= 4 is 49.9 Å². The second-order valence-corrected chi connectivity index (χ2v) is 7.09. The molecule has 1 aliphatic rings. The van der Waals surface area contributed by atoms with Gasteiger partial charge in [-0.05, 0) is 28.1 Å². The molecule has 0 aliphatic carbocycles. The zero-order valence-electron chi connectivity index (χ0n) is 12.5. The maximum atomic E-state index is 12.5. The number of amides is 2. The van der Waals surface area contributed by atoms with E-state index >= 15 is 0 Å². The van der Waals surface area contributed by atoms with Crippen LogP contribution in [0.3, 0.4) is 0 Å². The molecule has 0 saturated carbocycles. The van der Waals surface area contributed by atoms with Gasteiger partial charge < -0.3 is 10.2 Å². The molecule has 3 rings (SSSR count). The van der Waals surface area contributed by atoms with Gasteiger partial charge in [0.05, 0.1) is 11.6 Å². The highest BCUT2D eigenvalue weighted by atomic mass is 79.9. The van der Waals surface area contributed by atoms with Crippen molar-refractivity contribution in [2.24, 2.45) is 5.92 Å². The van der Waals surface area contributed by atoms with E-state index in [2.05, 4.69) is 26.2 Å². The van der Waals surface area contributed by atoms with Crippen LogP contribution in [0.15, 0.2) is 34.1 Å². The molecule has 1 N–H and O–H groups in total. The van der Waals surface area contributed by atoms with E-state index < -0.39 is 23.7 Å². The van der Waals surface area contributed by atoms with Gasteiger partial charge in [-0.1, -0.05) is 12.1 Å². The fourth-order valence-electron chi connectivity index (χ4n) is 2.46. The Balaban J connectivity index is 1.69. The Labute approximate surface area is 153 Å². The van der Waals surface area contributed by atoms with Gasteiger partial charge in [-0.3, -0.25) is 9.59 Å². The van der Waals surface area contributed by atoms with Gasteiger partial charge in [0.1, 0.15) is 0 Å². The van der Waals surface area contributed by atoms with Crippen molar-refractivity contribution in [1.82, 2.24) is 4.98 Å². The number of rotatable bonds is 3. The van der Waals surface area contributed by atoms with Crippen LogP contribution in [-0.4, -0.2) is 23.3 Å². The van der Waals surface area contributed by atoms with Crippen LogP contribution >= 0.6 is 27.3 Å². The Morgan fingerprint density at radius 1 is 1.36 bits per heavy atom. The van der Waals surface area contributed by atoms with Crippen molar-refractivity contribution in [3.05, 3.63) is 39.8 Å². The molecule has 1 aliphatic heterocycles. The van der Waals surface area contributed by atoms with E-state index in [1.165, 1.54) is 4.90 Å². The van der Waals surface area contributed by atoms with Crippen molar-refractivity contribution in [3.8, 4) is 0 Å². The molecule has 0 bridgehead atoms. The predicted octanol–water partition coefficient (Wildman–Crippen LogP) is 3.92. The summed E-state index contributed by atoms with van der Waals surface area (Å²) in [7, 11) is 0. The summed E-state index contributed by atoms with van der Waals surface area (Å²) in [5.41, 5.74) is -0.401. The fourth-order valence-corrected chi connectivity index (χ4v) is 3.67. The molecule has 2 aromatic rings. The molecule has 1 atom stereocenters. The minimum Gasteiger partial charge on any atom is -0.310 e. The van der Waals surface area contributed by atoms with Gasteiger partial charge in [0.2, 0.25) is 11.8 Å². The lowest BCUT2D eigenvalue weighted by atomic mass is 10.1. The minimum absolute atomic E-state index is 0.00926. The van der Waals surface area contributed by atoms with Gasteiger partial charge >= 0.3 is 6.18 Å². The first-order valence-corrected chi connectivity index (χ1v) is 8.81. The molecule has 132 valence electrons. The van der Waals surface area contributed by atoms with Crippen LogP contribution in [0.1, 0.15) is 12.1 Å². The second kappa shape index (κ2) is 6.75. The molecule has 5 nitrogen and oxygen atoms in total. The molecule has 1 unspecified atom stereocenters. The number of nitrogens with one attached hydrogen (secondary N) is 1. The third kappa shape index (κ3) is 3.84. The maximum absolute atomic E-state index is 12.5. The summed E-state index contributed by atoms with van der Waals surface area (Å²) in [5, 5.41) is 3.06. The molecule has 1 aromatic carbocycles. The van der Waals surface area contributed by atoms with Crippen LogP contribution < -0.4 is 10.2 Å². The highest BCUT2D eigenvalue weighted by Crippen LogP contribution is 2.33. The van der Waals surface area contributed by atoms with Crippen molar-refractivity contribution < 1.29 is 22.8 Å². The van der Waals surface area contributed by atoms with Gasteiger partial charge in [0.15, 0.2) is 10.8 Å². The second-order valence-electron chi connectivity index (χ2n) is 5.38. The number of anilines is 2. The van der Waals surface area contributed by atoms with E-state index in [4.69, 9.17) is 0 Å². The number of carbonyl (C=O) groups excluding carboxylic acids is 2. The number of aromatic nitrogens is 1. The molecule has 2 heterocycles. The summed E-state index contributed by atoms with van der Waals surface area (Å²) in [6.07, 6.45) is -4.57. The standard InChI is InChI=1S/C15H11BrF3N3O2S/c16-9-3-1-2-4-10(9)22-6-8(5-12(22)23)13(24)21-14-20-11(7-25-14)15(17,18)19/h1-4,7-8H,5-6H2,(H,20,21,24). The molecule has 1 fully saturated rings. The molecular formula is C15H11BrF3N3O2S. The molecule has 1 aromatic heterocycles. The van der Waals surface area contributed by atoms with Crippen LogP contribution in [0.2, 0.25) is 0 Å². The average Bonchev–Trinajstić information content (AvgIpc) is 3.14. The number of hydrogen-bond acceptors (Lipinski definition) is 4. The monoisotopic (exact) mass is 433 g/mol. The summed E-state index contributed by atoms with van der Waals surface area (Å²) in [6, 6.07) is 7.11. The molecule has 10 heteroatoms. The quantitative estimate of drug-likeness (QED) is 0.797. The number of carbonyl (C=O) groups is 2. The van der Waals surface area contributed by atoms with Crippen LogP contribution in [0.25, 0.3) is 0 Å². The summed E-state index contributed by atoms with van der Waals surface area (Å²) in [5.74, 6) is -1.40. The smallest absolute Gasteiger partial charge is 0.310 e. The largest absolute Gasteiger partial charge is 0.434 e. The number of alkyl halides is 3. The SMILES string of the molecule is O=C(Nc1nc(C(F)(F)F)cs1)C1CC(=O)N(c2ccccc2Br)C1. The first kappa shape index (κ1) is 17.9. The topological polar surface area (TPSA) is 62.3 Å². The predicted molar refractivity (Wildman–Crippen MR) is 90.3 cm³/mol. The van der Waals surface area contributed by atoms with E-state index in [0.717, 1.165) is 9.85 Å². The zero-order valence-corrected chi connectivity index (χ0v) is 14.9. The molecule has 2 amide bonds. The average molecular weight is 434 g/mol. The molecular weight excluding hydrogens is 423 g/mol. The van der Waals surface area contributed by atoms with Gasteiger partial charge in [-0.15, -0.1) is 11.3 Å². The minimum atomic E-state index is -4.56. The van der Waals surface area contributed by atoms with Crippen LogP contribution in [0.5, 0.6) is 0 Å². The summed E-state index contributed by atoms with van der Waals surface area (Å²) in [4.78, 5) is 29.3. The van der Waals surface area contributed by atoms with Gasteiger partial charge in [-0.2, -0.15) is 13.2 Å². The summed E-state index contributed by atoms with van der Waals surface area (Å²) in [6.45, 7) is 0.158. The van der Waals surface area contributed by atoms with Crippen LogP contribution in [0, 0.1) is 5.92 Å². The number of thiazole rings is 1. The van der Waals surface area contributed by atoms with Crippen molar-refractivity contribution in [3.63, 3.8) is 0 Å². The third-order valence-corrected chi connectivity index (χ3v) is 5.09. The van der Waals surface area contributed by atoms with Crippen molar-refractivity contribution in [2.75, 3.05) is 16.8 Å². The number of hydrogen-bond donors (Lipinski definition) is 1. The Morgan fingerprint density at radius 3 is 2.72 bits per heavy atom. The van der Waals surface area contributed by atoms with Gasteiger partial charge in [0.25, 0.3) is 0 Å². The summed E-state index contributed by atoms with van der Waals surface area (Å²) >= 11 is 4.05. The van der Waals surface area contributed by atoms with Crippen LogP contribution in [0.4, 0.5) is 24.0 Å². The Hall–Kier alpha value is -1.94. The van der Waals surface area contributed by atoms with E-state index in [9.17, 15) is 22.8 Å². The number of nitrogens with zero attached hydrogens (tertiary/aromatic N) is 2. The Kier molecular flexibility index (Phi) is 4.83. The van der Waals surface area contributed by atoms with E-state index in [0.29, 0.717) is 17.0 Å². The maximum Gasteiger partial charge on any atom is 0.434 e. The molecule has 1 saturated heterocycles. The van der Waals surface area contributed by atoms with E-state index in [1.807, 2.05) is 0 Å². The number of halogens is 4. The lowest BCUT2D eigenvalue weighted by Crippen LogP contribution is -2.28. The van der Waals surface area contributed by atoms with Crippen molar-refractivity contribution in [2.45, 2.75) is 12.6 Å². The number of para-hydroxylation sites is 1. The van der Waals surface area contributed by atoms with Gasteiger partial charge in [-0.25, -0.2) is 4.98 Å². The molecule has 25 heavy (non-hydrogen) atoms. The Morgan fingerprint density at radius 2 is 2.08 bits per heavy atom. The lowest BCUT2D eigenvalue weighted by Gasteiger charge is -2.18.